The van der Waals surface area contributed by atoms with Crippen LogP contribution in [-0.2, 0) is 19.6 Å². The van der Waals surface area contributed by atoms with Crippen LogP contribution >= 0.6 is 0 Å². The standard InChI is InChI=1S/C21H32N4O2/c1-2-25-15-18(13-23-25)12-22-14-19-8-4-5-9-21(19)27-17-20(26)16-24-10-6-3-7-11-24/h4-5,8-9,13,15,20,22,26H,2-3,6-7,10-12,14,16-17H2,1H3/t20-/m0/s1. The van der Waals surface area contributed by atoms with E-state index in [0.29, 0.717) is 13.2 Å². The van der Waals surface area contributed by atoms with Gasteiger partial charge in [0.2, 0.25) is 0 Å². The Hall–Kier alpha value is -1.89. The molecule has 1 saturated heterocycles. The lowest BCUT2D eigenvalue weighted by atomic mass is 10.1. The number of ether oxygens (including phenoxy) is 1. The molecule has 1 aliphatic rings. The van der Waals surface area contributed by atoms with Crippen LogP contribution in [0.25, 0.3) is 0 Å². The molecule has 1 aromatic carbocycles. The van der Waals surface area contributed by atoms with E-state index in [1.54, 1.807) is 0 Å². The van der Waals surface area contributed by atoms with Gasteiger partial charge in [-0.05, 0) is 38.9 Å². The summed E-state index contributed by atoms with van der Waals surface area (Å²) in [5.74, 6) is 0.840. The van der Waals surface area contributed by atoms with Gasteiger partial charge in [-0.2, -0.15) is 5.10 Å². The Morgan fingerprint density at radius 1 is 1.19 bits per heavy atom. The number of hydrogen-bond acceptors (Lipinski definition) is 5. The second kappa shape index (κ2) is 10.4. The average molecular weight is 373 g/mol. The zero-order chi connectivity index (χ0) is 18.9. The van der Waals surface area contributed by atoms with Crippen molar-refractivity contribution in [1.82, 2.24) is 20.0 Å². The molecule has 148 valence electrons. The van der Waals surface area contributed by atoms with Crippen molar-refractivity contribution in [3.8, 4) is 5.75 Å². The summed E-state index contributed by atoms with van der Waals surface area (Å²) in [7, 11) is 0. The third-order valence-corrected chi connectivity index (χ3v) is 4.98. The smallest absolute Gasteiger partial charge is 0.123 e. The highest BCUT2D eigenvalue weighted by Gasteiger charge is 2.15. The molecule has 1 aromatic heterocycles. The highest BCUT2D eigenvalue weighted by molar-refractivity contribution is 5.33. The summed E-state index contributed by atoms with van der Waals surface area (Å²) in [4.78, 5) is 2.33. The van der Waals surface area contributed by atoms with Crippen LogP contribution in [0.5, 0.6) is 5.75 Å². The Labute approximate surface area is 162 Å². The fraction of sp³-hybridized carbons (Fsp3) is 0.571. The Morgan fingerprint density at radius 2 is 2.00 bits per heavy atom. The summed E-state index contributed by atoms with van der Waals surface area (Å²) >= 11 is 0. The number of aryl methyl sites for hydroxylation is 1. The van der Waals surface area contributed by atoms with E-state index < -0.39 is 6.10 Å². The van der Waals surface area contributed by atoms with Crippen LogP contribution in [0.2, 0.25) is 0 Å². The molecule has 6 heteroatoms. The third kappa shape index (κ3) is 6.34. The molecule has 1 aliphatic heterocycles. The van der Waals surface area contributed by atoms with Gasteiger partial charge in [-0.25, -0.2) is 0 Å². The molecule has 6 nitrogen and oxygen atoms in total. The van der Waals surface area contributed by atoms with Crippen LogP contribution in [0.4, 0.5) is 0 Å². The number of benzene rings is 1. The van der Waals surface area contributed by atoms with Crippen LogP contribution in [0, 0.1) is 0 Å². The lowest BCUT2D eigenvalue weighted by molar-refractivity contribution is 0.0614. The van der Waals surface area contributed by atoms with E-state index in [1.807, 2.05) is 29.1 Å². The number of para-hydroxylation sites is 1. The SMILES string of the molecule is CCn1cc(CNCc2ccccc2OC[C@@H](O)CN2CCCCC2)cn1. The maximum absolute atomic E-state index is 10.3. The summed E-state index contributed by atoms with van der Waals surface area (Å²) in [6.45, 7) is 7.66. The lowest BCUT2D eigenvalue weighted by Crippen LogP contribution is -2.38. The van der Waals surface area contributed by atoms with Crippen molar-refractivity contribution in [3.05, 3.63) is 47.8 Å². The first-order valence-electron chi connectivity index (χ1n) is 10.1. The van der Waals surface area contributed by atoms with Crippen molar-refractivity contribution in [3.63, 3.8) is 0 Å². The van der Waals surface area contributed by atoms with E-state index in [-0.39, 0.29) is 0 Å². The van der Waals surface area contributed by atoms with Gasteiger partial charge in [0.05, 0.1) is 6.20 Å². The minimum atomic E-state index is -0.455. The molecule has 2 N–H and O–H groups in total. The number of aliphatic hydroxyl groups excluding tert-OH is 1. The molecule has 3 rings (SSSR count). The maximum atomic E-state index is 10.3. The highest BCUT2D eigenvalue weighted by atomic mass is 16.5. The Kier molecular flexibility index (Phi) is 7.68. The number of nitrogens with one attached hydrogen (secondary N) is 1. The van der Waals surface area contributed by atoms with Crippen molar-refractivity contribution >= 4 is 0 Å². The number of aromatic nitrogens is 2. The topological polar surface area (TPSA) is 62.6 Å². The van der Waals surface area contributed by atoms with Crippen molar-refractivity contribution < 1.29 is 9.84 Å². The quantitative estimate of drug-likeness (QED) is 0.671. The average Bonchev–Trinajstić information content (AvgIpc) is 3.16. The Balaban J connectivity index is 1.45. The van der Waals surface area contributed by atoms with E-state index in [4.69, 9.17) is 4.74 Å². The number of piperidine rings is 1. The van der Waals surface area contributed by atoms with Crippen LogP contribution in [-0.4, -0.2) is 52.1 Å². The number of hydrogen-bond donors (Lipinski definition) is 2. The summed E-state index contributed by atoms with van der Waals surface area (Å²) in [6, 6.07) is 8.03. The molecule has 0 aliphatic carbocycles. The van der Waals surface area contributed by atoms with E-state index in [1.165, 1.54) is 24.8 Å². The first-order valence-corrected chi connectivity index (χ1v) is 10.1. The monoisotopic (exact) mass is 372 g/mol. The second-order valence-electron chi connectivity index (χ2n) is 7.24. The largest absolute Gasteiger partial charge is 0.491 e. The van der Waals surface area contributed by atoms with E-state index >= 15 is 0 Å². The lowest BCUT2D eigenvalue weighted by Gasteiger charge is -2.28. The predicted octanol–water partition coefficient (Wildman–Crippen LogP) is 2.42. The molecule has 1 atom stereocenters. The third-order valence-electron chi connectivity index (χ3n) is 4.98. The summed E-state index contributed by atoms with van der Waals surface area (Å²) < 4.78 is 7.86. The van der Waals surface area contributed by atoms with Crippen LogP contribution in [0.1, 0.15) is 37.3 Å². The molecule has 27 heavy (non-hydrogen) atoms. The van der Waals surface area contributed by atoms with Gasteiger partial charge in [0.1, 0.15) is 18.5 Å². The molecule has 0 saturated carbocycles. The van der Waals surface area contributed by atoms with Gasteiger partial charge in [0.25, 0.3) is 0 Å². The molecular weight excluding hydrogens is 340 g/mol. The van der Waals surface area contributed by atoms with Gasteiger partial charge < -0.3 is 20.1 Å². The Morgan fingerprint density at radius 3 is 2.78 bits per heavy atom. The van der Waals surface area contributed by atoms with E-state index in [2.05, 4.69) is 34.5 Å². The van der Waals surface area contributed by atoms with E-state index in [0.717, 1.165) is 44.0 Å². The van der Waals surface area contributed by atoms with E-state index in [9.17, 15) is 5.11 Å². The van der Waals surface area contributed by atoms with Gasteiger partial charge in [0, 0.05) is 43.5 Å². The van der Waals surface area contributed by atoms with Gasteiger partial charge in [0.15, 0.2) is 0 Å². The second-order valence-corrected chi connectivity index (χ2v) is 7.24. The van der Waals surface area contributed by atoms with Crippen molar-refractivity contribution in [2.45, 2.75) is 51.9 Å². The van der Waals surface area contributed by atoms with Crippen molar-refractivity contribution in [1.29, 1.82) is 0 Å². The number of rotatable bonds is 10. The van der Waals surface area contributed by atoms with Crippen LogP contribution in [0.15, 0.2) is 36.7 Å². The molecule has 2 heterocycles. The van der Waals surface area contributed by atoms with Gasteiger partial charge in [-0.1, -0.05) is 24.6 Å². The molecule has 0 bridgehead atoms. The van der Waals surface area contributed by atoms with Crippen LogP contribution < -0.4 is 10.1 Å². The minimum Gasteiger partial charge on any atom is -0.491 e. The number of likely N-dealkylation sites (tertiary alicyclic amines) is 1. The fourth-order valence-corrected chi connectivity index (χ4v) is 3.48. The van der Waals surface area contributed by atoms with Gasteiger partial charge in [-0.3, -0.25) is 4.68 Å². The predicted molar refractivity (Wildman–Crippen MR) is 107 cm³/mol. The van der Waals surface area contributed by atoms with Crippen molar-refractivity contribution in [2.24, 2.45) is 0 Å². The normalized spacial score (nSPS) is 16.4. The molecule has 0 radical (unpaired) electrons. The van der Waals surface area contributed by atoms with Gasteiger partial charge in [-0.15, -0.1) is 0 Å². The van der Waals surface area contributed by atoms with Gasteiger partial charge >= 0.3 is 0 Å². The number of nitrogens with zero attached hydrogens (tertiary/aromatic N) is 3. The number of β-amino-alcohol motifs (C(OH)–C–C–N with tert-alkyl or cyclic N) is 1. The van der Waals surface area contributed by atoms with Crippen molar-refractivity contribution in [2.75, 3.05) is 26.2 Å². The summed E-state index contributed by atoms with van der Waals surface area (Å²) in [5, 5.41) is 18.1. The molecule has 0 spiro atoms. The molecule has 1 fully saturated rings. The highest BCUT2D eigenvalue weighted by Crippen LogP contribution is 2.18. The summed E-state index contributed by atoms with van der Waals surface area (Å²) in [6.07, 6.45) is 7.28. The Bertz CT molecular complexity index is 682. The molecule has 0 amide bonds. The zero-order valence-corrected chi connectivity index (χ0v) is 16.3. The van der Waals surface area contributed by atoms with Crippen LogP contribution in [0.3, 0.4) is 0 Å². The maximum Gasteiger partial charge on any atom is 0.123 e. The zero-order valence-electron chi connectivity index (χ0n) is 16.3. The molecule has 0 unspecified atom stereocenters. The molecule has 2 aromatic rings. The summed E-state index contributed by atoms with van der Waals surface area (Å²) in [5.41, 5.74) is 2.28. The fourth-order valence-electron chi connectivity index (χ4n) is 3.48. The first-order chi connectivity index (χ1) is 13.2. The minimum absolute atomic E-state index is 0.330. The first kappa shape index (κ1) is 19.9. The number of aliphatic hydroxyl groups is 1. The molecular formula is C21H32N4O2.